The molecular weight excluding hydrogens is 833 g/mol. The SMILES string of the molecule is O=C(CN1C[C@@H](CCN2CC=C(c3ccc4[nH]ccc4c3)CC2)c2ccccc21)NOC(=O)C(=O)ONC(=O)CN1C[C@@H](CCN2CC=C(c3ccc4[nH]ccc4c3)CC2)c2ccccc21. The van der Waals surface area contributed by atoms with Crippen molar-refractivity contribution in [3.05, 3.63) is 144 Å². The highest BCUT2D eigenvalue weighted by Crippen LogP contribution is 2.39. The summed E-state index contributed by atoms with van der Waals surface area (Å²) < 4.78 is 0. The van der Waals surface area contributed by atoms with E-state index < -0.39 is 23.8 Å². The van der Waals surface area contributed by atoms with E-state index in [1.165, 1.54) is 44.2 Å². The second-order valence-corrected chi connectivity index (χ2v) is 17.8. The van der Waals surface area contributed by atoms with Crippen LogP contribution in [0.1, 0.15) is 59.8 Å². The lowest BCUT2D eigenvalue weighted by Gasteiger charge is -2.27. The highest BCUT2D eigenvalue weighted by molar-refractivity contribution is 6.29. The van der Waals surface area contributed by atoms with Crippen LogP contribution in [-0.4, -0.2) is 109 Å². The molecule has 4 N–H and O–H groups in total. The Morgan fingerprint density at radius 2 is 1.03 bits per heavy atom. The smallest absolute Gasteiger partial charge is 0.361 e. The Hall–Kier alpha value is -7.16. The van der Waals surface area contributed by atoms with Crippen molar-refractivity contribution in [3.63, 3.8) is 0 Å². The molecule has 0 fully saturated rings. The number of nitrogens with one attached hydrogen (secondary N) is 4. The third kappa shape index (κ3) is 9.46. The molecule has 4 aliphatic heterocycles. The Labute approximate surface area is 383 Å². The van der Waals surface area contributed by atoms with Gasteiger partial charge in [-0.3, -0.25) is 19.4 Å². The third-order valence-electron chi connectivity index (χ3n) is 13.7. The van der Waals surface area contributed by atoms with Crippen LogP contribution in [0, 0.1) is 0 Å². The van der Waals surface area contributed by atoms with Gasteiger partial charge in [0.25, 0.3) is 11.8 Å². The number of hydroxylamine groups is 2. The number of carbonyl (C=O) groups is 4. The summed E-state index contributed by atoms with van der Waals surface area (Å²) >= 11 is 0. The number of aromatic amines is 2. The lowest BCUT2D eigenvalue weighted by atomic mass is 9.96. The summed E-state index contributed by atoms with van der Waals surface area (Å²) in [6.45, 7) is 6.70. The maximum atomic E-state index is 13.0. The Morgan fingerprint density at radius 1 is 0.576 bits per heavy atom. The predicted molar refractivity (Wildman–Crippen MR) is 255 cm³/mol. The van der Waals surface area contributed by atoms with Gasteiger partial charge in [0.2, 0.25) is 0 Å². The normalized spacial score (nSPS) is 18.4. The van der Waals surface area contributed by atoms with Crippen molar-refractivity contribution in [1.82, 2.24) is 30.7 Å². The molecule has 0 bridgehead atoms. The van der Waals surface area contributed by atoms with E-state index in [0.29, 0.717) is 13.1 Å². The quantitative estimate of drug-likeness (QED) is 0.0775. The summed E-state index contributed by atoms with van der Waals surface area (Å²) in [5, 5.41) is 2.44. The van der Waals surface area contributed by atoms with Crippen molar-refractivity contribution in [2.75, 3.05) is 75.2 Å². The van der Waals surface area contributed by atoms with E-state index in [1.807, 2.05) is 58.6 Å². The summed E-state index contributed by atoms with van der Waals surface area (Å²) in [4.78, 5) is 76.0. The van der Waals surface area contributed by atoms with E-state index in [-0.39, 0.29) is 24.9 Å². The number of anilines is 2. The number of para-hydroxylation sites is 2. The van der Waals surface area contributed by atoms with Crippen LogP contribution in [0.2, 0.25) is 0 Å². The Bertz CT molecular complexity index is 2650. The molecule has 2 atom stereocenters. The van der Waals surface area contributed by atoms with E-state index in [1.54, 1.807) is 0 Å². The molecule has 66 heavy (non-hydrogen) atoms. The highest BCUT2D eigenvalue weighted by Gasteiger charge is 2.32. The molecular formula is C52H54N8O6. The van der Waals surface area contributed by atoms with E-state index in [0.717, 1.165) is 87.4 Å². The third-order valence-corrected chi connectivity index (χ3v) is 13.7. The molecule has 0 aliphatic carbocycles. The van der Waals surface area contributed by atoms with Gasteiger partial charge in [-0.1, -0.05) is 60.7 Å². The Balaban J connectivity index is 0.641. The predicted octanol–water partition coefficient (Wildman–Crippen LogP) is 6.66. The molecule has 6 aromatic rings. The first kappa shape index (κ1) is 42.8. The van der Waals surface area contributed by atoms with Crippen LogP contribution in [0.15, 0.2) is 122 Å². The summed E-state index contributed by atoms with van der Waals surface area (Å²) in [6, 6.07) is 33.4. The molecule has 4 aromatic carbocycles. The fourth-order valence-corrected chi connectivity index (χ4v) is 10.2. The molecule has 10 rings (SSSR count). The zero-order valence-corrected chi connectivity index (χ0v) is 36.8. The number of hydrogen-bond donors (Lipinski definition) is 4. The fraction of sp³-hybridized carbons (Fsp3) is 0.308. The van der Waals surface area contributed by atoms with E-state index in [4.69, 9.17) is 9.68 Å². The second-order valence-electron chi connectivity index (χ2n) is 17.8. The monoisotopic (exact) mass is 886 g/mol. The van der Waals surface area contributed by atoms with Crippen molar-refractivity contribution in [3.8, 4) is 0 Å². The van der Waals surface area contributed by atoms with Gasteiger partial charge < -0.3 is 29.4 Å². The topological polar surface area (TPSA) is 155 Å². The van der Waals surface area contributed by atoms with Crippen LogP contribution in [0.5, 0.6) is 0 Å². The van der Waals surface area contributed by atoms with Crippen LogP contribution in [-0.2, 0) is 28.9 Å². The average Bonchev–Trinajstić information content (AvgIpc) is 4.17. The molecule has 0 spiro atoms. The van der Waals surface area contributed by atoms with Gasteiger partial charge in [0, 0.05) is 85.9 Å². The second kappa shape index (κ2) is 19.1. The van der Waals surface area contributed by atoms with Crippen molar-refractivity contribution in [2.45, 2.75) is 37.5 Å². The summed E-state index contributed by atoms with van der Waals surface area (Å²) in [5.74, 6) is -3.67. The molecule has 0 saturated carbocycles. The van der Waals surface area contributed by atoms with Gasteiger partial charge in [-0.05, 0) is 131 Å². The molecule has 4 aliphatic rings. The van der Waals surface area contributed by atoms with Crippen molar-refractivity contribution >= 4 is 68.1 Å². The minimum absolute atomic E-state index is 0.0752. The summed E-state index contributed by atoms with van der Waals surface area (Å²) in [6.07, 6.45) is 12.4. The van der Waals surface area contributed by atoms with E-state index in [2.05, 4.69) is 104 Å². The van der Waals surface area contributed by atoms with Crippen LogP contribution in [0.4, 0.5) is 11.4 Å². The maximum absolute atomic E-state index is 13.0. The first-order valence-corrected chi connectivity index (χ1v) is 23.0. The standard InChI is InChI=1S/C52H54N8O6/c61-49(33-59-31-41(43-5-1-3-7-47(43)59)19-27-57-23-15-35(16-24-57)37-9-11-45-39(29-37)13-21-53-45)55-65-51(63)52(64)66-56-50(62)34-60-32-42(44-6-2-4-8-48(44)60)20-28-58-25-17-36(18-26-58)38-10-12-46-40(30-38)14-22-54-46/h1-15,17,21-22,29-30,41-42,53-54H,16,18-20,23-28,31-34H2,(H,55,61)(H,56,62)/t41-,42-/m1/s1. The fourth-order valence-electron chi connectivity index (χ4n) is 10.2. The molecule has 14 heteroatoms. The molecule has 0 saturated heterocycles. The number of H-pyrrole nitrogens is 2. The molecule has 2 aromatic heterocycles. The minimum atomic E-state index is -1.46. The van der Waals surface area contributed by atoms with E-state index >= 15 is 0 Å². The lowest BCUT2D eigenvalue weighted by molar-refractivity contribution is -0.179. The van der Waals surface area contributed by atoms with Crippen molar-refractivity contribution in [1.29, 1.82) is 0 Å². The molecule has 6 heterocycles. The zero-order valence-electron chi connectivity index (χ0n) is 36.8. The van der Waals surface area contributed by atoms with Gasteiger partial charge in [0.1, 0.15) is 0 Å². The number of fused-ring (bicyclic) bond motifs is 4. The number of benzene rings is 4. The number of rotatable bonds is 12. The van der Waals surface area contributed by atoms with Gasteiger partial charge in [-0.2, -0.15) is 11.0 Å². The van der Waals surface area contributed by atoms with Gasteiger partial charge in [-0.15, -0.1) is 0 Å². The number of amides is 2. The zero-order chi connectivity index (χ0) is 45.0. The minimum Gasteiger partial charge on any atom is -0.361 e. The van der Waals surface area contributed by atoms with Crippen LogP contribution >= 0.6 is 0 Å². The van der Waals surface area contributed by atoms with Crippen LogP contribution in [0.3, 0.4) is 0 Å². The van der Waals surface area contributed by atoms with E-state index in [9.17, 15) is 19.2 Å². The number of nitrogens with zero attached hydrogens (tertiary/aromatic N) is 4. The highest BCUT2D eigenvalue weighted by atomic mass is 16.7. The molecule has 0 unspecified atom stereocenters. The molecule has 0 radical (unpaired) electrons. The van der Waals surface area contributed by atoms with Gasteiger partial charge in [0.15, 0.2) is 0 Å². The summed E-state index contributed by atoms with van der Waals surface area (Å²) in [5.41, 5.74) is 16.0. The van der Waals surface area contributed by atoms with Crippen LogP contribution in [0.25, 0.3) is 33.0 Å². The Kier molecular flexibility index (Phi) is 12.4. The summed E-state index contributed by atoms with van der Waals surface area (Å²) in [7, 11) is 0. The molecule has 2 amide bonds. The van der Waals surface area contributed by atoms with Crippen molar-refractivity contribution in [2.24, 2.45) is 0 Å². The number of aromatic nitrogens is 2. The first-order chi connectivity index (χ1) is 32.3. The average molecular weight is 887 g/mol. The maximum Gasteiger partial charge on any atom is 0.443 e. The lowest BCUT2D eigenvalue weighted by Crippen LogP contribution is -2.42. The number of carbonyl (C=O) groups excluding carboxylic acids is 4. The Morgan fingerprint density at radius 3 is 1.47 bits per heavy atom. The van der Waals surface area contributed by atoms with Gasteiger partial charge in [-0.25, -0.2) is 9.59 Å². The number of hydrogen-bond acceptors (Lipinski definition) is 10. The van der Waals surface area contributed by atoms with Crippen molar-refractivity contribution < 1.29 is 28.9 Å². The van der Waals surface area contributed by atoms with Gasteiger partial charge >= 0.3 is 11.9 Å². The molecule has 14 nitrogen and oxygen atoms in total. The first-order valence-electron chi connectivity index (χ1n) is 23.0. The van der Waals surface area contributed by atoms with Crippen LogP contribution < -0.4 is 20.8 Å². The van der Waals surface area contributed by atoms with Gasteiger partial charge in [0.05, 0.1) is 13.1 Å². The largest absolute Gasteiger partial charge is 0.443 e. The molecule has 338 valence electrons.